The molecule has 0 spiro atoms. The molecule has 0 fully saturated rings. The summed E-state index contributed by atoms with van der Waals surface area (Å²) in [7, 11) is 1.51. The van der Waals surface area contributed by atoms with E-state index in [0.29, 0.717) is 24.4 Å². The van der Waals surface area contributed by atoms with E-state index in [4.69, 9.17) is 21.3 Å². The van der Waals surface area contributed by atoms with Crippen LogP contribution in [-0.4, -0.2) is 42.7 Å². The Bertz CT molecular complexity index is 331. The molecule has 0 aromatic heterocycles. The molecular weight excluding hydrogens is 234 g/mol. The highest BCUT2D eigenvalue weighted by Crippen LogP contribution is 2.15. The largest absolute Gasteiger partial charge is 0.480 e. The lowest BCUT2D eigenvalue weighted by molar-refractivity contribution is -0.141. The summed E-state index contributed by atoms with van der Waals surface area (Å²) in [5.41, 5.74) is 10.3. The van der Waals surface area contributed by atoms with E-state index >= 15 is 0 Å². The number of carboxylic acids is 1. The van der Waals surface area contributed by atoms with Crippen molar-refractivity contribution >= 4 is 11.8 Å². The van der Waals surface area contributed by atoms with Crippen LogP contribution < -0.4 is 11.5 Å². The number of carboxylic acid groups (broad SMARTS) is 1. The minimum Gasteiger partial charge on any atom is -0.480 e. The van der Waals surface area contributed by atoms with E-state index in [2.05, 4.69) is 4.99 Å². The maximum atomic E-state index is 11.1. The third kappa shape index (κ3) is 5.79. The van der Waals surface area contributed by atoms with E-state index in [1.807, 2.05) is 0 Å². The number of hydrogen-bond donors (Lipinski definition) is 3. The molecular formula is C12H23N3O3. The highest BCUT2D eigenvalue weighted by atomic mass is 16.5. The van der Waals surface area contributed by atoms with Gasteiger partial charge in [0.2, 0.25) is 0 Å². The summed E-state index contributed by atoms with van der Waals surface area (Å²) in [5, 5.41) is 9.05. The lowest BCUT2D eigenvalue weighted by Crippen LogP contribution is -2.47. The zero-order valence-electron chi connectivity index (χ0n) is 11.3. The first-order valence-electron chi connectivity index (χ1n) is 5.79. The van der Waals surface area contributed by atoms with Crippen LogP contribution in [0.2, 0.25) is 0 Å². The van der Waals surface area contributed by atoms with Gasteiger partial charge in [0.25, 0.3) is 0 Å². The Balaban J connectivity index is 4.51. The van der Waals surface area contributed by atoms with Crippen molar-refractivity contribution in [3.05, 3.63) is 11.6 Å². The van der Waals surface area contributed by atoms with Crippen molar-refractivity contribution in [3.63, 3.8) is 0 Å². The molecule has 0 heterocycles. The molecule has 6 heteroatoms. The van der Waals surface area contributed by atoms with E-state index < -0.39 is 11.5 Å². The molecule has 5 N–H and O–H groups in total. The molecule has 6 nitrogen and oxygen atoms in total. The van der Waals surface area contributed by atoms with Crippen LogP contribution in [0.25, 0.3) is 0 Å². The van der Waals surface area contributed by atoms with Gasteiger partial charge >= 0.3 is 5.97 Å². The minimum atomic E-state index is -1.40. The van der Waals surface area contributed by atoms with Crippen molar-refractivity contribution in [3.8, 4) is 0 Å². The fourth-order valence-corrected chi connectivity index (χ4v) is 1.34. The molecule has 0 amide bonds. The smallest absolute Gasteiger partial charge is 0.327 e. The van der Waals surface area contributed by atoms with Crippen LogP contribution in [-0.2, 0) is 9.53 Å². The van der Waals surface area contributed by atoms with Gasteiger partial charge in [-0.3, -0.25) is 4.99 Å². The number of methoxy groups -OCH3 is 1. The Hall–Kier alpha value is -1.40. The number of unbranched alkanes of at least 4 members (excludes halogenated alkanes) is 1. The van der Waals surface area contributed by atoms with Crippen molar-refractivity contribution in [1.82, 2.24) is 0 Å². The highest BCUT2D eigenvalue weighted by molar-refractivity contribution is 5.82. The lowest BCUT2D eigenvalue weighted by atomic mass is 9.92. The van der Waals surface area contributed by atoms with E-state index in [1.54, 1.807) is 13.0 Å². The summed E-state index contributed by atoms with van der Waals surface area (Å²) in [6.07, 6.45) is 3.28. The molecule has 104 valence electrons. The Kier molecular flexibility index (Phi) is 7.23. The summed E-state index contributed by atoms with van der Waals surface area (Å²) in [5.74, 6) is -0.521. The number of aliphatic carboxylic acids is 1. The minimum absolute atomic E-state index is 0.207. The second-order valence-electron chi connectivity index (χ2n) is 4.34. The van der Waals surface area contributed by atoms with Gasteiger partial charge in [0.1, 0.15) is 5.54 Å². The van der Waals surface area contributed by atoms with Gasteiger partial charge in [-0.05, 0) is 32.3 Å². The second kappa shape index (κ2) is 7.84. The number of amidine groups is 1. The van der Waals surface area contributed by atoms with Gasteiger partial charge in [-0.25, -0.2) is 4.79 Å². The first kappa shape index (κ1) is 16.6. The normalized spacial score (nSPS) is 16.4. The third-order valence-corrected chi connectivity index (χ3v) is 2.53. The fraction of sp³-hybridized carbons (Fsp3) is 0.667. The SMILES string of the molecule is COC/C(=C\CCCN=C(C)N)C(C)(N)C(=O)O. The van der Waals surface area contributed by atoms with Crippen molar-refractivity contribution in [2.24, 2.45) is 16.5 Å². The summed E-state index contributed by atoms with van der Waals surface area (Å²) >= 11 is 0. The number of hydrogen-bond acceptors (Lipinski definition) is 4. The van der Waals surface area contributed by atoms with Crippen molar-refractivity contribution in [1.29, 1.82) is 0 Å². The topological polar surface area (TPSA) is 111 Å². The van der Waals surface area contributed by atoms with Crippen LogP contribution in [0.3, 0.4) is 0 Å². The molecule has 0 bridgehead atoms. The molecule has 0 saturated heterocycles. The van der Waals surface area contributed by atoms with Gasteiger partial charge < -0.3 is 21.3 Å². The fourth-order valence-electron chi connectivity index (χ4n) is 1.34. The average molecular weight is 257 g/mol. The van der Waals surface area contributed by atoms with Gasteiger partial charge in [-0.15, -0.1) is 0 Å². The van der Waals surface area contributed by atoms with E-state index in [9.17, 15) is 4.79 Å². The summed E-state index contributed by atoms with van der Waals surface area (Å²) in [6.45, 7) is 4.02. The van der Waals surface area contributed by atoms with Crippen LogP contribution in [0, 0.1) is 0 Å². The van der Waals surface area contributed by atoms with Crippen LogP contribution >= 0.6 is 0 Å². The number of nitrogens with zero attached hydrogens (tertiary/aromatic N) is 1. The van der Waals surface area contributed by atoms with Gasteiger partial charge in [-0.1, -0.05) is 6.08 Å². The maximum absolute atomic E-state index is 11.1. The number of allylic oxidation sites excluding steroid dienone is 1. The number of rotatable bonds is 8. The van der Waals surface area contributed by atoms with Gasteiger partial charge in [0.05, 0.1) is 12.4 Å². The quantitative estimate of drug-likeness (QED) is 0.254. The molecule has 0 saturated carbocycles. The van der Waals surface area contributed by atoms with E-state index in [-0.39, 0.29) is 6.61 Å². The van der Waals surface area contributed by atoms with Gasteiger partial charge in [0, 0.05) is 13.7 Å². The maximum Gasteiger partial charge on any atom is 0.327 e. The number of aliphatic imine (C=N–C) groups is 1. The van der Waals surface area contributed by atoms with Crippen LogP contribution in [0.15, 0.2) is 16.6 Å². The van der Waals surface area contributed by atoms with E-state index in [1.165, 1.54) is 14.0 Å². The Morgan fingerprint density at radius 3 is 2.61 bits per heavy atom. The molecule has 1 atom stereocenters. The van der Waals surface area contributed by atoms with Crippen LogP contribution in [0.4, 0.5) is 0 Å². The number of carbonyl (C=O) groups is 1. The molecule has 0 aliphatic rings. The lowest BCUT2D eigenvalue weighted by Gasteiger charge is -2.22. The number of nitrogens with two attached hydrogens (primary N) is 2. The molecule has 0 aromatic rings. The third-order valence-electron chi connectivity index (χ3n) is 2.53. The Labute approximate surface area is 108 Å². The number of ether oxygens (including phenoxy) is 1. The van der Waals surface area contributed by atoms with Crippen LogP contribution in [0.5, 0.6) is 0 Å². The Morgan fingerprint density at radius 2 is 2.17 bits per heavy atom. The molecule has 0 aromatic carbocycles. The first-order chi connectivity index (χ1) is 8.32. The van der Waals surface area contributed by atoms with E-state index in [0.717, 1.165) is 6.42 Å². The zero-order valence-corrected chi connectivity index (χ0v) is 11.3. The summed E-state index contributed by atoms with van der Waals surface area (Å²) in [4.78, 5) is 15.1. The van der Waals surface area contributed by atoms with Crippen molar-refractivity contribution in [2.45, 2.75) is 32.2 Å². The van der Waals surface area contributed by atoms with Crippen LogP contribution in [0.1, 0.15) is 26.7 Å². The highest BCUT2D eigenvalue weighted by Gasteiger charge is 2.32. The summed E-state index contributed by atoms with van der Waals surface area (Å²) in [6, 6.07) is 0. The molecule has 0 rings (SSSR count). The summed E-state index contributed by atoms with van der Waals surface area (Å²) < 4.78 is 4.98. The van der Waals surface area contributed by atoms with Gasteiger partial charge in [0.15, 0.2) is 0 Å². The average Bonchev–Trinajstić information content (AvgIpc) is 2.26. The zero-order chi connectivity index (χ0) is 14.2. The first-order valence-corrected chi connectivity index (χ1v) is 5.79. The molecule has 0 radical (unpaired) electrons. The predicted octanol–water partition coefficient (Wildman–Crippen LogP) is 0.519. The molecule has 0 aliphatic heterocycles. The molecule has 1 unspecified atom stereocenters. The van der Waals surface area contributed by atoms with Gasteiger partial charge in [-0.2, -0.15) is 0 Å². The molecule has 18 heavy (non-hydrogen) atoms. The standard InChI is InChI=1S/C12H23N3O3/c1-9(13)15-7-5-4-6-10(8-18-3)12(2,14)11(16)17/h6H,4-5,7-8,14H2,1-3H3,(H2,13,15)(H,16,17)/b10-6+. The van der Waals surface area contributed by atoms with Crippen molar-refractivity contribution in [2.75, 3.05) is 20.3 Å². The monoisotopic (exact) mass is 257 g/mol. The predicted molar refractivity (Wildman–Crippen MR) is 71.6 cm³/mol. The Morgan fingerprint density at radius 1 is 1.56 bits per heavy atom. The second-order valence-corrected chi connectivity index (χ2v) is 4.34. The van der Waals surface area contributed by atoms with Crippen molar-refractivity contribution < 1.29 is 14.6 Å². The molecule has 0 aliphatic carbocycles.